The van der Waals surface area contributed by atoms with Crippen molar-refractivity contribution < 1.29 is 4.74 Å². The molecule has 0 aliphatic carbocycles. The van der Waals surface area contributed by atoms with Crippen LogP contribution in [-0.2, 0) is 0 Å². The Kier molecular flexibility index (Phi) is 3.77. The largest absolute Gasteiger partial charge is 0.491 e. The van der Waals surface area contributed by atoms with Gasteiger partial charge >= 0.3 is 0 Å². The summed E-state index contributed by atoms with van der Waals surface area (Å²) in [6, 6.07) is 14.1. The molecule has 108 valence electrons. The number of fused-ring (bicyclic) bond motifs is 1. The number of aromatic nitrogens is 2. The topological polar surface area (TPSA) is 49.9 Å². The Morgan fingerprint density at radius 3 is 2.90 bits per heavy atom. The van der Waals surface area contributed by atoms with E-state index in [1.807, 2.05) is 30.3 Å². The predicted molar refractivity (Wildman–Crippen MR) is 86.3 cm³/mol. The predicted octanol–water partition coefficient (Wildman–Crippen LogP) is 4.40. The molecule has 1 heterocycles. The fourth-order valence-corrected chi connectivity index (χ4v) is 2.22. The number of aromatic amines is 1. The zero-order chi connectivity index (χ0) is 14.7. The molecular weight excluding hydrogens is 262 g/mol. The number of H-pyrrole nitrogens is 1. The Hall–Kier alpha value is -2.49. The molecule has 0 spiro atoms. The van der Waals surface area contributed by atoms with Gasteiger partial charge in [0.25, 0.3) is 0 Å². The van der Waals surface area contributed by atoms with E-state index in [-0.39, 0.29) is 0 Å². The molecule has 3 rings (SSSR count). The van der Waals surface area contributed by atoms with Gasteiger partial charge in [0.2, 0.25) is 5.95 Å². The summed E-state index contributed by atoms with van der Waals surface area (Å²) < 4.78 is 5.75. The first-order valence-electron chi connectivity index (χ1n) is 7.21. The maximum absolute atomic E-state index is 5.75. The van der Waals surface area contributed by atoms with Gasteiger partial charge in [0.05, 0.1) is 23.3 Å². The summed E-state index contributed by atoms with van der Waals surface area (Å²) in [7, 11) is 0. The fourth-order valence-electron chi connectivity index (χ4n) is 2.22. The van der Waals surface area contributed by atoms with Gasteiger partial charge in [-0.1, -0.05) is 25.1 Å². The fraction of sp³-hybridized carbons (Fsp3) is 0.235. The molecule has 0 aliphatic rings. The number of rotatable bonds is 5. The van der Waals surface area contributed by atoms with Crippen LogP contribution in [0.25, 0.3) is 11.0 Å². The zero-order valence-electron chi connectivity index (χ0n) is 12.3. The van der Waals surface area contributed by atoms with Gasteiger partial charge in [0.15, 0.2) is 0 Å². The number of imidazole rings is 1. The number of nitrogens with one attached hydrogen (secondary N) is 2. The average molecular weight is 281 g/mol. The van der Waals surface area contributed by atoms with E-state index in [1.54, 1.807) is 0 Å². The molecule has 0 saturated heterocycles. The number of para-hydroxylation sites is 2. The molecule has 0 atom stereocenters. The van der Waals surface area contributed by atoms with Crippen LogP contribution in [0.15, 0.2) is 42.5 Å². The van der Waals surface area contributed by atoms with E-state index >= 15 is 0 Å². The van der Waals surface area contributed by atoms with Crippen LogP contribution in [0.4, 0.5) is 11.6 Å². The third-order valence-electron chi connectivity index (χ3n) is 3.24. The van der Waals surface area contributed by atoms with Crippen LogP contribution >= 0.6 is 0 Å². The highest BCUT2D eigenvalue weighted by Crippen LogP contribution is 2.27. The lowest BCUT2D eigenvalue weighted by Crippen LogP contribution is -2.00. The van der Waals surface area contributed by atoms with Crippen LogP contribution in [-0.4, -0.2) is 16.6 Å². The molecule has 4 nitrogen and oxygen atoms in total. The summed E-state index contributed by atoms with van der Waals surface area (Å²) >= 11 is 0. The Morgan fingerprint density at radius 2 is 2.05 bits per heavy atom. The van der Waals surface area contributed by atoms with Gasteiger partial charge in [0.1, 0.15) is 5.75 Å². The Labute approximate surface area is 124 Å². The highest BCUT2D eigenvalue weighted by Gasteiger charge is 2.07. The summed E-state index contributed by atoms with van der Waals surface area (Å²) in [5, 5.41) is 3.30. The van der Waals surface area contributed by atoms with Crippen LogP contribution in [0.3, 0.4) is 0 Å². The van der Waals surface area contributed by atoms with Crippen molar-refractivity contribution in [1.82, 2.24) is 9.97 Å². The van der Waals surface area contributed by atoms with Gasteiger partial charge < -0.3 is 15.0 Å². The summed E-state index contributed by atoms with van der Waals surface area (Å²) in [5.41, 5.74) is 4.12. The van der Waals surface area contributed by atoms with Crippen molar-refractivity contribution in [2.75, 3.05) is 11.9 Å². The number of benzene rings is 2. The van der Waals surface area contributed by atoms with Crippen molar-refractivity contribution >= 4 is 22.7 Å². The van der Waals surface area contributed by atoms with Crippen molar-refractivity contribution in [2.45, 2.75) is 20.3 Å². The first-order valence-corrected chi connectivity index (χ1v) is 7.21. The maximum atomic E-state index is 5.75. The Balaban J connectivity index is 1.87. The molecule has 0 bridgehead atoms. The standard InChI is InChI=1S/C17H19N3O/c1-3-10-21-16-7-5-4-6-14(16)19-17-18-13-9-8-12(2)11-15(13)20-17/h4-9,11H,3,10H2,1-2H3,(H2,18,19,20). The van der Waals surface area contributed by atoms with E-state index in [0.717, 1.165) is 34.8 Å². The molecule has 0 fully saturated rings. The molecular formula is C17H19N3O. The molecule has 1 aromatic heterocycles. The first-order chi connectivity index (χ1) is 10.3. The summed E-state index contributed by atoms with van der Waals surface area (Å²) in [6.07, 6.45) is 0.984. The lowest BCUT2D eigenvalue weighted by atomic mass is 10.2. The Bertz CT molecular complexity index is 749. The molecule has 0 amide bonds. The van der Waals surface area contributed by atoms with E-state index < -0.39 is 0 Å². The average Bonchev–Trinajstić information content (AvgIpc) is 2.87. The van der Waals surface area contributed by atoms with E-state index in [0.29, 0.717) is 6.61 Å². The van der Waals surface area contributed by atoms with Crippen molar-refractivity contribution in [3.8, 4) is 5.75 Å². The minimum absolute atomic E-state index is 0.706. The lowest BCUT2D eigenvalue weighted by molar-refractivity contribution is 0.319. The van der Waals surface area contributed by atoms with Crippen LogP contribution in [0.5, 0.6) is 5.75 Å². The minimum Gasteiger partial charge on any atom is -0.491 e. The van der Waals surface area contributed by atoms with E-state index in [1.165, 1.54) is 5.56 Å². The highest BCUT2D eigenvalue weighted by molar-refractivity contribution is 5.79. The normalized spacial score (nSPS) is 10.8. The highest BCUT2D eigenvalue weighted by atomic mass is 16.5. The lowest BCUT2D eigenvalue weighted by Gasteiger charge is -2.10. The number of ether oxygens (including phenoxy) is 1. The molecule has 3 aromatic rings. The van der Waals surface area contributed by atoms with Crippen molar-refractivity contribution in [2.24, 2.45) is 0 Å². The second kappa shape index (κ2) is 5.87. The molecule has 0 aliphatic heterocycles. The SMILES string of the molecule is CCCOc1ccccc1Nc1nc2ccc(C)cc2[nH]1. The molecule has 2 aromatic carbocycles. The summed E-state index contributed by atoms with van der Waals surface area (Å²) in [6.45, 7) is 4.87. The van der Waals surface area contributed by atoms with Crippen molar-refractivity contribution in [1.29, 1.82) is 0 Å². The molecule has 0 unspecified atom stereocenters. The summed E-state index contributed by atoms with van der Waals surface area (Å²) in [5.74, 6) is 1.57. The number of aryl methyl sites for hydroxylation is 1. The van der Waals surface area contributed by atoms with Crippen LogP contribution in [0.1, 0.15) is 18.9 Å². The molecule has 21 heavy (non-hydrogen) atoms. The van der Waals surface area contributed by atoms with Gasteiger partial charge in [-0.3, -0.25) is 0 Å². The summed E-state index contributed by atoms with van der Waals surface area (Å²) in [4.78, 5) is 7.84. The quantitative estimate of drug-likeness (QED) is 0.728. The van der Waals surface area contributed by atoms with Gasteiger partial charge in [0, 0.05) is 0 Å². The van der Waals surface area contributed by atoms with Gasteiger partial charge in [-0.15, -0.1) is 0 Å². The van der Waals surface area contributed by atoms with E-state index in [9.17, 15) is 0 Å². The van der Waals surface area contributed by atoms with Gasteiger partial charge in [-0.2, -0.15) is 0 Å². The molecule has 4 heteroatoms. The smallest absolute Gasteiger partial charge is 0.205 e. The molecule has 0 saturated carbocycles. The van der Waals surface area contributed by atoms with Gasteiger partial charge in [-0.25, -0.2) is 4.98 Å². The molecule has 0 radical (unpaired) electrons. The minimum atomic E-state index is 0.706. The number of hydrogen-bond acceptors (Lipinski definition) is 3. The number of anilines is 2. The number of nitrogens with zero attached hydrogens (tertiary/aromatic N) is 1. The van der Waals surface area contributed by atoms with Crippen LogP contribution in [0.2, 0.25) is 0 Å². The van der Waals surface area contributed by atoms with Crippen molar-refractivity contribution in [3.05, 3.63) is 48.0 Å². The third-order valence-corrected chi connectivity index (χ3v) is 3.24. The zero-order valence-corrected chi connectivity index (χ0v) is 12.3. The second-order valence-electron chi connectivity index (χ2n) is 5.08. The van der Waals surface area contributed by atoms with Crippen LogP contribution < -0.4 is 10.1 Å². The van der Waals surface area contributed by atoms with Crippen molar-refractivity contribution in [3.63, 3.8) is 0 Å². The second-order valence-corrected chi connectivity index (χ2v) is 5.08. The molecule has 2 N–H and O–H groups in total. The third kappa shape index (κ3) is 2.99. The maximum Gasteiger partial charge on any atom is 0.205 e. The number of hydrogen-bond donors (Lipinski definition) is 2. The Morgan fingerprint density at radius 1 is 1.19 bits per heavy atom. The monoisotopic (exact) mass is 281 g/mol. The van der Waals surface area contributed by atoms with Crippen LogP contribution in [0, 0.1) is 6.92 Å². The first kappa shape index (κ1) is 13.5. The van der Waals surface area contributed by atoms with Gasteiger partial charge in [-0.05, 0) is 43.2 Å². The van der Waals surface area contributed by atoms with E-state index in [2.05, 4.69) is 41.3 Å². The van der Waals surface area contributed by atoms with E-state index in [4.69, 9.17) is 4.74 Å².